The van der Waals surface area contributed by atoms with Crippen molar-refractivity contribution in [1.82, 2.24) is 4.98 Å². The van der Waals surface area contributed by atoms with Crippen molar-refractivity contribution in [3.8, 4) is 44.0 Å². The Hall–Kier alpha value is -4.99. The SMILES string of the molecule is Cc1ccccc1-c1nc2c(-c3cccc4c3oc3ccccc34)cc(-c3cccc(-c4ccccc4)c3)cc2s1. The van der Waals surface area contributed by atoms with E-state index in [9.17, 15) is 0 Å². The van der Waals surface area contributed by atoms with E-state index in [0.717, 1.165) is 48.3 Å². The van der Waals surface area contributed by atoms with Gasteiger partial charge in [-0.1, -0.05) is 109 Å². The van der Waals surface area contributed by atoms with Gasteiger partial charge in [0.1, 0.15) is 16.2 Å². The van der Waals surface area contributed by atoms with E-state index >= 15 is 0 Å². The van der Waals surface area contributed by atoms with Crippen LogP contribution in [0.25, 0.3) is 76.1 Å². The number of aromatic nitrogens is 1. The number of thiazole rings is 1. The summed E-state index contributed by atoms with van der Waals surface area (Å²) in [5.41, 5.74) is 12.1. The Bertz CT molecular complexity index is 2220. The van der Waals surface area contributed by atoms with E-state index in [-0.39, 0.29) is 0 Å². The lowest BCUT2D eigenvalue weighted by atomic mass is 9.95. The van der Waals surface area contributed by atoms with E-state index in [0.29, 0.717) is 0 Å². The minimum atomic E-state index is 0.899. The van der Waals surface area contributed by atoms with Gasteiger partial charge in [0.15, 0.2) is 0 Å². The smallest absolute Gasteiger partial charge is 0.143 e. The Labute approximate surface area is 242 Å². The summed E-state index contributed by atoms with van der Waals surface area (Å²) in [5, 5.41) is 3.29. The van der Waals surface area contributed by atoms with Gasteiger partial charge in [0.05, 0.1) is 10.2 Å². The zero-order valence-electron chi connectivity index (χ0n) is 22.5. The Morgan fingerprint density at radius 2 is 1.22 bits per heavy atom. The van der Waals surface area contributed by atoms with Gasteiger partial charge in [-0.2, -0.15) is 0 Å². The molecule has 0 saturated carbocycles. The van der Waals surface area contributed by atoms with Gasteiger partial charge >= 0.3 is 0 Å². The van der Waals surface area contributed by atoms with Crippen LogP contribution in [0.2, 0.25) is 0 Å². The Morgan fingerprint density at radius 1 is 0.537 bits per heavy atom. The second kappa shape index (κ2) is 9.58. The molecule has 6 aromatic carbocycles. The summed E-state index contributed by atoms with van der Waals surface area (Å²) in [6.07, 6.45) is 0. The van der Waals surface area contributed by atoms with E-state index in [1.807, 2.05) is 12.1 Å². The summed E-state index contributed by atoms with van der Waals surface area (Å²) >= 11 is 1.75. The number of benzene rings is 6. The van der Waals surface area contributed by atoms with Crippen molar-refractivity contribution in [2.45, 2.75) is 6.92 Å². The molecule has 0 N–H and O–H groups in total. The first-order chi connectivity index (χ1) is 20.2. The maximum atomic E-state index is 6.50. The molecule has 2 nitrogen and oxygen atoms in total. The highest BCUT2D eigenvalue weighted by atomic mass is 32.1. The average Bonchev–Trinajstić information content (AvgIpc) is 3.63. The number of aryl methyl sites for hydroxylation is 1. The normalized spacial score (nSPS) is 11.5. The molecule has 0 aliphatic carbocycles. The summed E-state index contributed by atoms with van der Waals surface area (Å²) in [6.45, 7) is 2.15. The lowest BCUT2D eigenvalue weighted by molar-refractivity contribution is 0.670. The highest BCUT2D eigenvalue weighted by molar-refractivity contribution is 7.21. The quantitative estimate of drug-likeness (QED) is 0.221. The number of hydrogen-bond donors (Lipinski definition) is 0. The van der Waals surface area contributed by atoms with Crippen LogP contribution in [0, 0.1) is 6.92 Å². The molecule has 0 aliphatic rings. The molecule has 0 aliphatic heterocycles. The lowest BCUT2D eigenvalue weighted by Gasteiger charge is -2.10. The van der Waals surface area contributed by atoms with Gasteiger partial charge in [0.2, 0.25) is 0 Å². The number of nitrogens with zero attached hydrogens (tertiary/aromatic N) is 1. The first kappa shape index (κ1) is 23.9. The van der Waals surface area contributed by atoms with Gasteiger partial charge in [0.25, 0.3) is 0 Å². The summed E-state index contributed by atoms with van der Waals surface area (Å²) in [4.78, 5) is 5.26. The molecular formula is C38H25NOS. The molecule has 2 aromatic heterocycles. The van der Waals surface area contributed by atoms with Gasteiger partial charge < -0.3 is 4.42 Å². The predicted molar refractivity (Wildman–Crippen MR) is 173 cm³/mol. The van der Waals surface area contributed by atoms with Crippen molar-refractivity contribution < 1.29 is 4.42 Å². The highest BCUT2D eigenvalue weighted by Gasteiger charge is 2.19. The van der Waals surface area contributed by atoms with E-state index < -0.39 is 0 Å². The van der Waals surface area contributed by atoms with Crippen LogP contribution in [0.5, 0.6) is 0 Å². The summed E-state index contributed by atoms with van der Waals surface area (Å²) < 4.78 is 7.66. The zero-order valence-corrected chi connectivity index (χ0v) is 23.3. The minimum absolute atomic E-state index is 0.899. The third kappa shape index (κ3) is 4.05. The Balaban J connectivity index is 1.40. The molecule has 0 atom stereocenters. The molecule has 194 valence electrons. The lowest BCUT2D eigenvalue weighted by Crippen LogP contribution is -1.87. The molecule has 0 spiro atoms. The third-order valence-electron chi connectivity index (χ3n) is 7.87. The largest absolute Gasteiger partial charge is 0.455 e. The van der Waals surface area contributed by atoms with E-state index in [4.69, 9.17) is 9.40 Å². The van der Waals surface area contributed by atoms with Crippen LogP contribution in [-0.4, -0.2) is 4.98 Å². The Morgan fingerprint density at radius 3 is 2.10 bits per heavy atom. The maximum absolute atomic E-state index is 6.50. The van der Waals surface area contributed by atoms with Crippen molar-refractivity contribution in [3.05, 3.63) is 139 Å². The van der Waals surface area contributed by atoms with Crippen LogP contribution in [0.3, 0.4) is 0 Å². The molecule has 0 fully saturated rings. The van der Waals surface area contributed by atoms with Gasteiger partial charge in [-0.25, -0.2) is 4.98 Å². The number of para-hydroxylation sites is 2. The molecule has 0 unspecified atom stereocenters. The molecule has 8 rings (SSSR count). The molecule has 0 saturated heterocycles. The fraction of sp³-hybridized carbons (Fsp3) is 0.0263. The van der Waals surface area contributed by atoms with Crippen molar-refractivity contribution in [3.63, 3.8) is 0 Å². The standard InChI is InChI=1S/C38H25NOS/c1-24-11-5-6-16-29(24)38-39-36-33(32-19-10-18-31-30-17-7-8-20-34(30)40-37(31)32)22-28(23-35(36)41-38)27-15-9-14-26(21-27)25-12-3-2-4-13-25/h2-23H,1H3. The van der Waals surface area contributed by atoms with Gasteiger partial charge in [-0.05, 0) is 59.0 Å². The van der Waals surface area contributed by atoms with E-state index in [1.54, 1.807) is 11.3 Å². The summed E-state index contributed by atoms with van der Waals surface area (Å²) in [6, 6.07) is 47.1. The van der Waals surface area contributed by atoms with Gasteiger partial charge in [-0.3, -0.25) is 0 Å². The third-order valence-corrected chi connectivity index (χ3v) is 8.90. The molecule has 3 heteroatoms. The molecule has 8 aromatic rings. The minimum Gasteiger partial charge on any atom is -0.455 e. The fourth-order valence-corrected chi connectivity index (χ4v) is 6.92. The number of rotatable bonds is 4. The summed E-state index contributed by atoms with van der Waals surface area (Å²) in [5.74, 6) is 0. The van der Waals surface area contributed by atoms with Crippen LogP contribution >= 0.6 is 11.3 Å². The number of hydrogen-bond acceptors (Lipinski definition) is 3. The molecule has 2 heterocycles. The average molecular weight is 544 g/mol. The number of furan rings is 1. The fourth-order valence-electron chi connectivity index (χ4n) is 5.80. The topological polar surface area (TPSA) is 26.0 Å². The second-order valence-electron chi connectivity index (χ2n) is 10.4. The first-order valence-electron chi connectivity index (χ1n) is 13.8. The van der Waals surface area contributed by atoms with E-state index in [2.05, 4.69) is 128 Å². The number of fused-ring (bicyclic) bond motifs is 4. The molecule has 0 bridgehead atoms. The molecular weight excluding hydrogens is 518 g/mol. The molecule has 0 amide bonds. The highest BCUT2D eigenvalue weighted by Crippen LogP contribution is 2.43. The van der Waals surface area contributed by atoms with Crippen molar-refractivity contribution in [1.29, 1.82) is 0 Å². The van der Waals surface area contributed by atoms with Crippen molar-refractivity contribution in [2.24, 2.45) is 0 Å². The molecule has 41 heavy (non-hydrogen) atoms. The predicted octanol–water partition coefficient (Wildman–Crippen LogP) is 11.2. The maximum Gasteiger partial charge on any atom is 0.143 e. The van der Waals surface area contributed by atoms with Crippen molar-refractivity contribution in [2.75, 3.05) is 0 Å². The van der Waals surface area contributed by atoms with Gasteiger partial charge in [0, 0.05) is 27.5 Å². The first-order valence-corrected chi connectivity index (χ1v) is 14.6. The monoisotopic (exact) mass is 543 g/mol. The Kier molecular flexibility index (Phi) is 5.58. The van der Waals surface area contributed by atoms with Gasteiger partial charge in [-0.15, -0.1) is 11.3 Å². The summed E-state index contributed by atoms with van der Waals surface area (Å²) in [7, 11) is 0. The zero-order chi connectivity index (χ0) is 27.3. The second-order valence-corrected chi connectivity index (χ2v) is 11.5. The molecule has 0 radical (unpaired) electrons. The van der Waals surface area contributed by atoms with Crippen LogP contribution in [0.1, 0.15) is 5.56 Å². The van der Waals surface area contributed by atoms with Crippen LogP contribution < -0.4 is 0 Å². The van der Waals surface area contributed by atoms with Crippen molar-refractivity contribution >= 4 is 43.5 Å². The van der Waals surface area contributed by atoms with E-state index in [1.165, 1.54) is 33.4 Å². The van der Waals surface area contributed by atoms with Crippen LogP contribution in [0.4, 0.5) is 0 Å². The van der Waals surface area contributed by atoms with Crippen LogP contribution in [-0.2, 0) is 0 Å². The van der Waals surface area contributed by atoms with Crippen LogP contribution in [0.15, 0.2) is 138 Å².